The first-order valence-corrected chi connectivity index (χ1v) is 10.5. The minimum atomic E-state index is -4.93. The summed E-state index contributed by atoms with van der Waals surface area (Å²) in [4.78, 5) is 15.0. The molecule has 7 nitrogen and oxygen atoms in total. The van der Waals surface area contributed by atoms with Gasteiger partial charge in [0.15, 0.2) is 0 Å². The van der Waals surface area contributed by atoms with Crippen LogP contribution in [0.5, 0.6) is 0 Å². The van der Waals surface area contributed by atoms with Gasteiger partial charge in [-0.1, -0.05) is 11.6 Å². The lowest BCUT2D eigenvalue weighted by molar-refractivity contribution is -0.384. The molecule has 1 aromatic heterocycles. The minimum Gasteiger partial charge on any atom is -0.361 e. The van der Waals surface area contributed by atoms with E-state index >= 15 is 0 Å². The highest BCUT2D eigenvalue weighted by molar-refractivity contribution is 7.91. The molecule has 1 aliphatic heterocycles. The van der Waals surface area contributed by atoms with Crippen molar-refractivity contribution in [2.45, 2.75) is 23.6 Å². The Morgan fingerprint density at radius 1 is 1.21 bits per heavy atom. The highest BCUT2D eigenvalue weighted by Crippen LogP contribution is 2.37. The van der Waals surface area contributed by atoms with Crippen molar-refractivity contribution in [3.8, 4) is 0 Å². The van der Waals surface area contributed by atoms with E-state index in [-0.39, 0.29) is 5.69 Å². The van der Waals surface area contributed by atoms with E-state index in [0.29, 0.717) is 30.6 Å². The smallest absolute Gasteiger partial charge is 0.341 e. The van der Waals surface area contributed by atoms with Crippen molar-refractivity contribution in [1.82, 2.24) is 4.98 Å². The molecule has 2 aromatic carbocycles. The number of benzene rings is 2. The number of nitrogens with zero attached hydrogens (tertiary/aromatic N) is 2. The van der Waals surface area contributed by atoms with Gasteiger partial charge in [-0.05, 0) is 30.3 Å². The number of fused-ring (bicyclic) bond motifs is 3. The third kappa shape index (κ3) is 3.32. The summed E-state index contributed by atoms with van der Waals surface area (Å²) in [6.07, 6.45) is 0.579. The molecule has 4 rings (SSSR count). The van der Waals surface area contributed by atoms with Gasteiger partial charge in [0.2, 0.25) is 9.84 Å². The molecule has 0 radical (unpaired) electrons. The summed E-state index contributed by atoms with van der Waals surface area (Å²) in [6.45, 7) is 0.771. The van der Waals surface area contributed by atoms with Crippen LogP contribution in [0.2, 0.25) is 5.02 Å². The molecule has 0 spiro atoms. The van der Waals surface area contributed by atoms with Gasteiger partial charge in [-0.3, -0.25) is 10.1 Å². The molecule has 152 valence electrons. The molecule has 1 N–H and O–H groups in total. The van der Waals surface area contributed by atoms with Crippen LogP contribution in [0.15, 0.2) is 41.3 Å². The molecule has 0 atom stereocenters. The molecule has 11 heteroatoms. The van der Waals surface area contributed by atoms with Crippen LogP contribution in [-0.4, -0.2) is 30.6 Å². The summed E-state index contributed by atoms with van der Waals surface area (Å²) >= 11 is 6.09. The molecule has 0 saturated heterocycles. The molecule has 3 aromatic rings. The number of nitro groups is 1. The summed E-state index contributed by atoms with van der Waals surface area (Å²) in [6, 6.07) is 8.30. The van der Waals surface area contributed by atoms with Gasteiger partial charge in [0, 0.05) is 52.8 Å². The second kappa shape index (κ2) is 6.96. The minimum absolute atomic E-state index is 0.172. The van der Waals surface area contributed by atoms with Crippen LogP contribution in [0.3, 0.4) is 0 Å². The number of aromatic amines is 1. The lowest BCUT2D eigenvalue weighted by Gasteiger charge is -2.29. The van der Waals surface area contributed by atoms with Crippen LogP contribution in [0, 0.1) is 10.1 Å². The zero-order chi connectivity index (χ0) is 20.9. The number of sulfone groups is 1. The van der Waals surface area contributed by atoms with E-state index in [1.54, 1.807) is 11.0 Å². The molecule has 0 saturated carbocycles. The van der Waals surface area contributed by atoms with E-state index in [9.17, 15) is 27.3 Å². The van der Waals surface area contributed by atoms with Crippen LogP contribution in [0.4, 0.5) is 20.2 Å². The maximum absolute atomic E-state index is 12.8. The van der Waals surface area contributed by atoms with E-state index in [4.69, 9.17) is 11.6 Å². The SMILES string of the molecule is O=[N+]([O-])c1cc(S(=O)(=O)C(F)F)ccc1N1CCc2[nH]c3ccc(Cl)cc3c2C1. The quantitative estimate of drug-likeness (QED) is 0.481. The Bertz CT molecular complexity index is 1240. The molecule has 29 heavy (non-hydrogen) atoms. The number of halogens is 3. The topological polar surface area (TPSA) is 96.3 Å². The molecule has 0 fully saturated rings. The Morgan fingerprint density at radius 3 is 2.66 bits per heavy atom. The van der Waals surface area contributed by atoms with Crippen molar-refractivity contribution in [2.24, 2.45) is 0 Å². The molecule has 0 amide bonds. The fraction of sp³-hybridized carbons (Fsp3) is 0.222. The van der Waals surface area contributed by atoms with E-state index in [1.165, 1.54) is 6.07 Å². The predicted molar refractivity (Wildman–Crippen MR) is 104 cm³/mol. The van der Waals surface area contributed by atoms with Crippen LogP contribution < -0.4 is 4.90 Å². The number of hydrogen-bond donors (Lipinski definition) is 1. The second-order valence-electron chi connectivity index (χ2n) is 6.66. The largest absolute Gasteiger partial charge is 0.361 e. The van der Waals surface area contributed by atoms with Crippen LogP contribution in [-0.2, 0) is 22.8 Å². The molecular formula is C18H14ClF2N3O4S. The van der Waals surface area contributed by atoms with Crippen molar-refractivity contribution in [3.05, 3.63) is 62.8 Å². The Morgan fingerprint density at radius 2 is 1.97 bits per heavy atom. The monoisotopic (exact) mass is 441 g/mol. The third-order valence-corrected chi connectivity index (χ3v) is 6.60. The highest BCUT2D eigenvalue weighted by Gasteiger charge is 2.31. The average Bonchev–Trinajstić information content (AvgIpc) is 3.04. The number of nitro benzene ring substituents is 1. The van der Waals surface area contributed by atoms with Crippen LogP contribution in [0.25, 0.3) is 10.9 Å². The summed E-state index contributed by atoms with van der Waals surface area (Å²) in [5.74, 6) is -3.65. The Hall–Kier alpha value is -2.72. The first-order chi connectivity index (χ1) is 13.7. The van der Waals surface area contributed by atoms with Crippen molar-refractivity contribution in [1.29, 1.82) is 0 Å². The Balaban J connectivity index is 1.77. The summed E-state index contributed by atoms with van der Waals surface area (Å²) < 4.78 is 49.0. The number of anilines is 1. The third-order valence-electron chi connectivity index (χ3n) is 4.98. The number of nitrogens with one attached hydrogen (secondary N) is 1. The number of alkyl halides is 2. The van der Waals surface area contributed by atoms with E-state index in [1.807, 2.05) is 12.1 Å². The number of hydrogen-bond acceptors (Lipinski definition) is 5. The molecule has 1 aliphatic rings. The maximum Gasteiger partial charge on any atom is 0.341 e. The lowest BCUT2D eigenvalue weighted by Crippen LogP contribution is -2.30. The summed E-state index contributed by atoms with van der Waals surface area (Å²) in [5.41, 5.74) is 2.47. The molecule has 0 unspecified atom stereocenters. The zero-order valence-electron chi connectivity index (χ0n) is 14.7. The molecule has 0 bridgehead atoms. The Kier molecular flexibility index (Phi) is 4.70. The van der Waals surface area contributed by atoms with E-state index in [0.717, 1.165) is 28.2 Å². The van der Waals surface area contributed by atoms with Gasteiger partial charge in [0.1, 0.15) is 5.69 Å². The lowest BCUT2D eigenvalue weighted by atomic mass is 10.0. The van der Waals surface area contributed by atoms with Crippen molar-refractivity contribution >= 4 is 43.7 Å². The van der Waals surface area contributed by atoms with Gasteiger partial charge < -0.3 is 9.88 Å². The fourth-order valence-corrected chi connectivity index (χ4v) is 4.50. The fourth-order valence-electron chi connectivity index (χ4n) is 3.59. The molecule has 2 heterocycles. The van der Waals surface area contributed by atoms with Gasteiger partial charge in [-0.2, -0.15) is 8.78 Å². The van der Waals surface area contributed by atoms with Gasteiger partial charge in [0.25, 0.3) is 5.69 Å². The molecule has 0 aliphatic carbocycles. The zero-order valence-corrected chi connectivity index (χ0v) is 16.3. The second-order valence-corrected chi connectivity index (χ2v) is 9.01. The highest BCUT2D eigenvalue weighted by atomic mass is 35.5. The van der Waals surface area contributed by atoms with Gasteiger partial charge in [-0.25, -0.2) is 8.42 Å². The van der Waals surface area contributed by atoms with Gasteiger partial charge in [0.05, 0.1) is 9.82 Å². The van der Waals surface area contributed by atoms with E-state index in [2.05, 4.69) is 4.98 Å². The number of rotatable bonds is 4. The predicted octanol–water partition coefficient (Wildman–Crippen LogP) is 4.29. The maximum atomic E-state index is 12.8. The summed E-state index contributed by atoms with van der Waals surface area (Å²) in [7, 11) is -4.93. The normalized spacial score (nSPS) is 14.4. The first kappa shape index (κ1) is 19.6. The summed E-state index contributed by atoms with van der Waals surface area (Å²) in [5, 5.41) is 13.0. The van der Waals surface area contributed by atoms with Crippen molar-refractivity contribution < 1.29 is 22.1 Å². The Labute approximate surface area is 169 Å². The van der Waals surface area contributed by atoms with Gasteiger partial charge in [-0.15, -0.1) is 0 Å². The van der Waals surface area contributed by atoms with Crippen LogP contribution in [0.1, 0.15) is 11.3 Å². The van der Waals surface area contributed by atoms with Crippen LogP contribution >= 0.6 is 11.6 Å². The number of H-pyrrole nitrogens is 1. The first-order valence-electron chi connectivity index (χ1n) is 8.53. The van der Waals surface area contributed by atoms with Crippen molar-refractivity contribution in [2.75, 3.05) is 11.4 Å². The van der Waals surface area contributed by atoms with Crippen molar-refractivity contribution in [3.63, 3.8) is 0 Å². The number of aromatic nitrogens is 1. The van der Waals surface area contributed by atoms with E-state index < -0.39 is 31.1 Å². The van der Waals surface area contributed by atoms with Gasteiger partial charge >= 0.3 is 5.76 Å². The molecular weight excluding hydrogens is 428 g/mol. The average molecular weight is 442 g/mol. The standard InChI is InChI=1S/C18H14ClF2N3O4S/c19-10-1-3-14-12(7-10)13-9-23(6-5-15(13)22-14)16-4-2-11(8-17(16)24(25)26)29(27,28)18(20)21/h1-4,7-8,18,22H,5-6,9H2.